The number of carboxylic acid groups (broad SMARTS) is 1. The fourth-order valence-corrected chi connectivity index (χ4v) is 2.18. The Morgan fingerprint density at radius 2 is 2.29 bits per heavy atom. The van der Waals surface area contributed by atoms with E-state index in [-0.39, 0.29) is 0 Å². The van der Waals surface area contributed by atoms with Crippen LogP contribution < -0.4 is 4.90 Å². The van der Waals surface area contributed by atoms with E-state index in [9.17, 15) is 9.90 Å². The molecule has 1 atom stereocenters. The van der Waals surface area contributed by atoms with Gasteiger partial charge in [0.1, 0.15) is 6.04 Å². The van der Waals surface area contributed by atoms with E-state index in [1.54, 1.807) is 6.20 Å². The first kappa shape index (κ1) is 11.8. The van der Waals surface area contributed by atoms with Gasteiger partial charge in [0.15, 0.2) is 0 Å². The molecule has 1 aliphatic rings. The SMILES string of the molecule is Cc1ccnc(N2CCCCCC2C(=O)O)n1. The van der Waals surface area contributed by atoms with Crippen molar-refractivity contribution in [1.82, 2.24) is 9.97 Å². The molecular weight excluding hydrogens is 218 g/mol. The molecule has 1 aromatic rings. The number of anilines is 1. The van der Waals surface area contributed by atoms with Gasteiger partial charge in [-0.1, -0.05) is 12.8 Å². The van der Waals surface area contributed by atoms with Gasteiger partial charge in [0, 0.05) is 18.4 Å². The smallest absolute Gasteiger partial charge is 0.326 e. The van der Waals surface area contributed by atoms with Gasteiger partial charge in [-0.25, -0.2) is 14.8 Å². The van der Waals surface area contributed by atoms with Crippen LogP contribution in [-0.4, -0.2) is 33.6 Å². The molecule has 2 heterocycles. The summed E-state index contributed by atoms with van der Waals surface area (Å²) < 4.78 is 0. The minimum absolute atomic E-state index is 0.487. The molecule has 1 aliphatic heterocycles. The van der Waals surface area contributed by atoms with E-state index < -0.39 is 12.0 Å². The van der Waals surface area contributed by atoms with Crippen molar-refractivity contribution in [2.45, 2.75) is 38.6 Å². The molecule has 1 N–H and O–H groups in total. The molecule has 92 valence electrons. The van der Waals surface area contributed by atoms with E-state index in [0.29, 0.717) is 12.4 Å². The van der Waals surface area contributed by atoms with Crippen LogP contribution in [0.2, 0.25) is 0 Å². The Morgan fingerprint density at radius 3 is 3.00 bits per heavy atom. The maximum atomic E-state index is 11.3. The maximum absolute atomic E-state index is 11.3. The van der Waals surface area contributed by atoms with Crippen molar-refractivity contribution < 1.29 is 9.90 Å². The highest BCUT2D eigenvalue weighted by atomic mass is 16.4. The first-order valence-electron chi connectivity index (χ1n) is 5.97. The zero-order chi connectivity index (χ0) is 12.3. The van der Waals surface area contributed by atoms with Crippen molar-refractivity contribution in [2.24, 2.45) is 0 Å². The Hall–Kier alpha value is -1.65. The van der Waals surface area contributed by atoms with E-state index >= 15 is 0 Å². The summed E-state index contributed by atoms with van der Waals surface area (Å²) in [5.74, 6) is -0.240. The van der Waals surface area contributed by atoms with Gasteiger partial charge in [-0.05, 0) is 25.8 Å². The van der Waals surface area contributed by atoms with Crippen molar-refractivity contribution in [3.63, 3.8) is 0 Å². The lowest BCUT2D eigenvalue weighted by atomic mass is 10.1. The van der Waals surface area contributed by atoms with Gasteiger partial charge in [-0.3, -0.25) is 0 Å². The Morgan fingerprint density at radius 1 is 1.47 bits per heavy atom. The second-order valence-electron chi connectivity index (χ2n) is 4.39. The number of aryl methyl sites for hydroxylation is 1. The number of carboxylic acids is 1. The molecule has 0 amide bonds. The molecule has 1 unspecified atom stereocenters. The van der Waals surface area contributed by atoms with Gasteiger partial charge in [0.25, 0.3) is 0 Å². The predicted octanol–water partition coefficient (Wildman–Crippen LogP) is 1.62. The average molecular weight is 235 g/mol. The van der Waals surface area contributed by atoms with Crippen molar-refractivity contribution in [3.05, 3.63) is 18.0 Å². The minimum atomic E-state index is -0.781. The molecule has 1 aromatic heterocycles. The van der Waals surface area contributed by atoms with Crippen molar-refractivity contribution >= 4 is 11.9 Å². The lowest BCUT2D eigenvalue weighted by molar-refractivity contribution is -0.138. The fourth-order valence-electron chi connectivity index (χ4n) is 2.18. The van der Waals surface area contributed by atoms with E-state index in [0.717, 1.165) is 31.5 Å². The van der Waals surface area contributed by atoms with Crippen LogP contribution in [0.1, 0.15) is 31.4 Å². The van der Waals surface area contributed by atoms with Crippen LogP contribution in [0, 0.1) is 6.92 Å². The quantitative estimate of drug-likeness (QED) is 0.843. The third-order valence-corrected chi connectivity index (χ3v) is 3.08. The number of aromatic nitrogens is 2. The Balaban J connectivity index is 2.28. The molecule has 0 aromatic carbocycles. The molecule has 0 bridgehead atoms. The Kier molecular flexibility index (Phi) is 3.56. The molecule has 0 spiro atoms. The van der Waals surface area contributed by atoms with E-state index in [1.807, 2.05) is 17.9 Å². The van der Waals surface area contributed by atoms with Gasteiger partial charge < -0.3 is 10.0 Å². The molecule has 5 heteroatoms. The zero-order valence-corrected chi connectivity index (χ0v) is 9.96. The van der Waals surface area contributed by atoms with Crippen LogP contribution in [0.15, 0.2) is 12.3 Å². The van der Waals surface area contributed by atoms with Crippen molar-refractivity contribution in [1.29, 1.82) is 0 Å². The summed E-state index contributed by atoms with van der Waals surface area (Å²) in [5, 5.41) is 9.27. The first-order chi connectivity index (χ1) is 8.18. The highest BCUT2D eigenvalue weighted by Gasteiger charge is 2.28. The molecule has 5 nitrogen and oxygen atoms in total. The number of hydrogen-bond acceptors (Lipinski definition) is 4. The number of rotatable bonds is 2. The van der Waals surface area contributed by atoms with Gasteiger partial charge in [0.05, 0.1) is 0 Å². The van der Waals surface area contributed by atoms with Gasteiger partial charge in [-0.15, -0.1) is 0 Å². The number of nitrogens with zero attached hydrogens (tertiary/aromatic N) is 3. The molecule has 2 rings (SSSR count). The second kappa shape index (κ2) is 5.12. The second-order valence-corrected chi connectivity index (χ2v) is 4.39. The molecule has 0 saturated carbocycles. The van der Waals surface area contributed by atoms with Crippen LogP contribution in [0.3, 0.4) is 0 Å². The molecular formula is C12H17N3O2. The summed E-state index contributed by atoms with van der Waals surface area (Å²) in [6.45, 7) is 2.61. The number of hydrogen-bond donors (Lipinski definition) is 1. The highest BCUT2D eigenvalue weighted by Crippen LogP contribution is 2.21. The summed E-state index contributed by atoms with van der Waals surface area (Å²) in [6, 6.07) is 1.33. The Bertz CT molecular complexity index is 408. The first-order valence-corrected chi connectivity index (χ1v) is 5.97. The zero-order valence-electron chi connectivity index (χ0n) is 9.96. The topological polar surface area (TPSA) is 66.3 Å². The van der Waals surface area contributed by atoms with Gasteiger partial charge in [-0.2, -0.15) is 0 Å². The van der Waals surface area contributed by atoms with E-state index in [2.05, 4.69) is 9.97 Å². The highest BCUT2D eigenvalue weighted by molar-refractivity contribution is 5.77. The van der Waals surface area contributed by atoms with E-state index in [1.165, 1.54) is 0 Å². The van der Waals surface area contributed by atoms with Crippen molar-refractivity contribution in [2.75, 3.05) is 11.4 Å². The van der Waals surface area contributed by atoms with E-state index in [4.69, 9.17) is 0 Å². The number of aliphatic carboxylic acids is 1. The fraction of sp³-hybridized carbons (Fsp3) is 0.583. The summed E-state index contributed by atoms with van der Waals surface area (Å²) >= 11 is 0. The molecule has 0 aliphatic carbocycles. The summed E-state index contributed by atoms with van der Waals surface area (Å²) in [7, 11) is 0. The summed E-state index contributed by atoms with van der Waals surface area (Å²) in [6.07, 6.45) is 5.39. The maximum Gasteiger partial charge on any atom is 0.326 e. The normalized spacial score (nSPS) is 21.0. The summed E-state index contributed by atoms with van der Waals surface area (Å²) in [4.78, 5) is 21.6. The predicted molar refractivity (Wildman–Crippen MR) is 64.0 cm³/mol. The monoisotopic (exact) mass is 235 g/mol. The van der Waals surface area contributed by atoms with Crippen molar-refractivity contribution in [3.8, 4) is 0 Å². The van der Waals surface area contributed by atoms with Crippen LogP contribution in [-0.2, 0) is 4.79 Å². The van der Waals surface area contributed by atoms with Gasteiger partial charge >= 0.3 is 5.97 Å². The standard InChI is InChI=1S/C12H17N3O2/c1-9-6-7-13-12(14-9)15-8-4-2-3-5-10(15)11(16)17/h6-7,10H,2-5,8H2,1H3,(H,16,17). The third-order valence-electron chi connectivity index (χ3n) is 3.08. The van der Waals surface area contributed by atoms with Crippen LogP contribution in [0.5, 0.6) is 0 Å². The molecule has 17 heavy (non-hydrogen) atoms. The average Bonchev–Trinajstić information content (AvgIpc) is 2.54. The minimum Gasteiger partial charge on any atom is -0.480 e. The number of carbonyl (C=O) groups is 1. The third kappa shape index (κ3) is 2.72. The lowest BCUT2D eigenvalue weighted by Gasteiger charge is -2.26. The molecule has 0 radical (unpaired) electrons. The summed E-state index contributed by atoms with van der Waals surface area (Å²) in [5.41, 5.74) is 0.864. The van der Waals surface area contributed by atoms with Crippen LogP contribution in [0.25, 0.3) is 0 Å². The Labute approximate surface area is 100 Å². The lowest BCUT2D eigenvalue weighted by Crippen LogP contribution is -2.41. The van der Waals surface area contributed by atoms with Crippen LogP contribution in [0.4, 0.5) is 5.95 Å². The molecule has 1 saturated heterocycles. The largest absolute Gasteiger partial charge is 0.480 e. The van der Waals surface area contributed by atoms with Crippen LogP contribution >= 0.6 is 0 Å². The van der Waals surface area contributed by atoms with Gasteiger partial charge in [0.2, 0.25) is 5.95 Å². The molecule has 1 fully saturated rings.